The molecule has 38 heavy (non-hydrogen) atoms. The highest BCUT2D eigenvalue weighted by Gasteiger charge is 2.31. The van der Waals surface area contributed by atoms with Gasteiger partial charge in [0, 0.05) is 31.7 Å². The molecule has 0 bridgehead atoms. The quantitative estimate of drug-likeness (QED) is 0.345. The molecule has 3 aromatic carbocycles. The Bertz CT molecular complexity index is 1550. The Morgan fingerprint density at radius 3 is 2.13 bits per heavy atom. The number of benzene rings is 3. The first-order valence-electron chi connectivity index (χ1n) is 12.2. The van der Waals surface area contributed by atoms with E-state index < -0.39 is 10.0 Å². The zero-order valence-electron chi connectivity index (χ0n) is 20.7. The van der Waals surface area contributed by atoms with Crippen molar-refractivity contribution in [2.45, 2.75) is 11.8 Å². The summed E-state index contributed by atoms with van der Waals surface area (Å²) in [4.78, 5) is 19.6. The molecule has 2 heterocycles. The molecule has 4 aromatic rings. The van der Waals surface area contributed by atoms with Gasteiger partial charge >= 0.3 is 0 Å². The van der Waals surface area contributed by atoms with E-state index in [0.29, 0.717) is 22.9 Å². The average molecular weight is 532 g/mol. The van der Waals surface area contributed by atoms with Crippen LogP contribution in [0, 0.1) is 12.7 Å². The van der Waals surface area contributed by atoms with Crippen LogP contribution in [0.5, 0.6) is 11.5 Å². The molecule has 0 spiro atoms. The number of ether oxygens (including phenoxy) is 1. The zero-order valence-corrected chi connectivity index (χ0v) is 21.6. The lowest BCUT2D eigenvalue weighted by molar-refractivity contribution is 0.0692. The SMILES string of the molecule is Cc1cccc(S(=O)(=O)N2CCN(C(=O)c3cccc(-c4ccc(Oc5ccc(F)cc5)cc4)n3)CC2)c1. The first-order valence-corrected chi connectivity index (χ1v) is 13.6. The van der Waals surface area contributed by atoms with Crippen LogP contribution in [0.25, 0.3) is 11.3 Å². The van der Waals surface area contributed by atoms with E-state index in [2.05, 4.69) is 4.98 Å². The van der Waals surface area contributed by atoms with E-state index in [-0.39, 0.29) is 42.8 Å². The number of halogens is 1. The third-order valence-electron chi connectivity index (χ3n) is 6.32. The molecular weight excluding hydrogens is 505 g/mol. The van der Waals surface area contributed by atoms with Crippen molar-refractivity contribution in [3.8, 4) is 22.8 Å². The van der Waals surface area contributed by atoms with Gasteiger partial charge < -0.3 is 9.64 Å². The monoisotopic (exact) mass is 531 g/mol. The summed E-state index contributed by atoms with van der Waals surface area (Å²) >= 11 is 0. The van der Waals surface area contributed by atoms with Crippen molar-refractivity contribution in [3.05, 3.63) is 108 Å². The molecule has 1 saturated heterocycles. The summed E-state index contributed by atoms with van der Waals surface area (Å²) in [6.45, 7) is 2.86. The molecule has 5 rings (SSSR count). The van der Waals surface area contributed by atoms with Gasteiger partial charge in [0.2, 0.25) is 10.0 Å². The summed E-state index contributed by atoms with van der Waals surface area (Å²) in [5.74, 6) is 0.542. The van der Waals surface area contributed by atoms with Crippen molar-refractivity contribution in [3.63, 3.8) is 0 Å². The van der Waals surface area contributed by atoms with Crippen LogP contribution in [0.15, 0.2) is 95.9 Å². The van der Waals surface area contributed by atoms with Crippen LogP contribution in [0.3, 0.4) is 0 Å². The molecule has 0 radical (unpaired) electrons. The Labute approximate surface area is 221 Å². The van der Waals surface area contributed by atoms with Crippen LogP contribution < -0.4 is 4.74 Å². The molecule has 0 N–H and O–H groups in total. The summed E-state index contributed by atoms with van der Waals surface area (Å²) in [5, 5.41) is 0. The van der Waals surface area contributed by atoms with Gasteiger partial charge in [-0.1, -0.05) is 18.2 Å². The minimum Gasteiger partial charge on any atom is -0.457 e. The Morgan fingerprint density at radius 1 is 0.842 bits per heavy atom. The highest BCUT2D eigenvalue weighted by molar-refractivity contribution is 7.89. The Balaban J connectivity index is 1.24. The normalized spacial score (nSPS) is 14.3. The fraction of sp³-hybridized carbons (Fsp3) is 0.172. The number of hydrogen-bond donors (Lipinski definition) is 0. The van der Waals surface area contributed by atoms with Gasteiger partial charge in [0.15, 0.2) is 0 Å². The Kier molecular flexibility index (Phi) is 7.22. The number of pyridine rings is 1. The van der Waals surface area contributed by atoms with E-state index in [0.717, 1.165) is 11.1 Å². The van der Waals surface area contributed by atoms with Gasteiger partial charge in [-0.25, -0.2) is 17.8 Å². The molecule has 1 fully saturated rings. The van der Waals surface area contributed by atoms with E-state index in [1.807, 2.05) is 31.2 Å². The lowest BCUT2D eigenvalue weighted by Crippen LogP contribution is -2.50. The number of aryl methyl sites for hydroxylation is 1. The van der Waals surface area contributed by atoms with Gasteiger partial charge in [-0.3, -0.25) is 4.79 Å². The van der Waals surface area contributed by atoms with E-state index in [1.165, 1.54) is 16.4 Å². The summed E-state index contributed by atoms with van der Waals surface area (Å²) in [6, 6.07) is 25.1. The van der Waals surface area contributed by atoms with E-state index in [1.54, 1.807) is 59.5 Å². The van der Waals surface area contributed by atoms with Crippen LogP contribution in [0.2, 0.25) is 0 Å². The lowest BCUT2D eigenvalue weighted by Gasteiger charge is -2.33. The van der Waals surface area contributed by atoms with E-state index in [9.17, 15) is 17.6 Å². The van der Waals surface area contributed by atoms with Crippen molar-refractivity contribution in [2.24, 2.45) is 0 Å². The maximum Gasteiger partial charge on any atom is 0.272 e. The van der Waals surface area contributed by atoms with Crippen LogP contribution in [-0.2, 0) is 10.0 Å². The average Bonchev–Trinajstić information content (AvgIpc) is 2.94. The first kappa shape index (κ1) is 25.6. The molecular formula is C29H26FN3O4S. The number of hydrogen-bond acceptors (Lipinski definition) is 5. The molecule has 1 aliphatic heterocycles. The molecule has 0 unspecified atom stereocenters. The summed E-state index contributed by atoms with van der Waals surface area (Å²) in [7, 11) is -3.61. The molecule has 1 amide bonds. The van der Waals surface area contributed by atoms with Gasteiger partial charge in [-0.2, -0.15) is 4.31 Å². The number of sulfonamides is 1. The van der Waals surface area contributed by atoms with Crippen molar-refractivity contribution < 1.29 is 22.3 Å². The van der Waals surface area contributed by atoms with Gasteiger partial charge in [0.25, 0.3) is 5.91 Å². The Morgan fingerprint density at radius 2 is 1.47 bits per heavy atom. The number of piperazine rings is 1. The maximum absolute atomic E-state index is 13.2. The standard InChI is InChI=1S/C29H26FN3O4S/c1-21-4-2-5-26(20-21)38(35,36)33-18-16-32(17-19-33)29(34)28-7-3-6-27(31-28)22-8-12-24(13-9-22)37-25-14-10-23(30)11-15-25/h2-15,20H,16-19H2,1H3. The number of amides is 1. The highest BCUT2D eigenvalue weighted by Crippen LogP contribution is 2.26. The summed E-state index contributed by atoms with van der Waals surface area (Å²) in [5.41, 5.74) is 2.61. The second-order valence-electron chi connectivity index (χ2n) is 9.00. The fourth-order valence-electron chi connectivity index (χ4n) is 4.27. The Hall–Kier alpha value is -4.08. The third kappa shape index (κ3) is 5.58. The largest absolute Gasteiger partial charge is 0.457 e. The topological polar surface area (TPSA) is 79.8 Å². The number of carbonyl (C=O) groups excluding carboxylic acids is 1. The van der Waals surface area contributed by atoms with Crippen LogP contribution in [0.4, 0.5) is 4.39 Å². The van der Waals surface area contributed by atoms with Gasteiger partial charge in [0.1, 0.15) is 23.0 Å². The van der Waals surface area contributed by atoms with Gasteiger partial charge in [-0.15, -0.1) is 0 Å². The molecule has 9 heteroatoms. The molecule has 0 atom stereocenters. The maximum atomic E-state index is 13.2. The van der Waals surface area contributed by atoms with Crippen molar-refractivity contribution >= 4 is 15.9 Å². The van der Waals surface area contributed by atoms with E-state index in [4.69, 9.17) is 4.74 Å². The van der Waals surface area contributed by atoms with Crippen LogP contribution in [-0.4, -0.2) is 54.7 Å². The highest BCUT2D eigenvalue weighted by atomic mass is 32.2. The van der Waals surface area contributed by atoms with Crippen LogP contribution >= 0.6 is 0 Å². The molecule has 194 valence electrons. The van der Waals surface area contributed by atoms with E-state index >= 15 is 0 Å². The minimum atomic E-state index is -3.61. The predicted octanol–water partition coefficient (Wildman–Crippen LogP) is 5.14. The second-order valence-corrected chi connectivity index (χ2v) is 10.9. The number of aromatic nitrogens is 1. The third-order valence-corrected chi connectivity index (χ3v) is 8.22. The smallest absolute Gasteiger partial charge is 0.272 e. The predicted molar refractivity (Wildman–Crippen MR) is 142 cm³/mol. The molecule has 7 nitrogen and oxygen atoms in total. The van der Waals surface area contributed by atoms with Crippen molar-refractivity contribution in [2.75, 3.05) is 26.2 Å². The van der Waals surface area contributed by atoms with Gasteiger partial charge in [0.05, 0.1) is 10.6 Å². The molecule has 1 aliphatic rings. The van der Waals surface area contributed by atoms with Crippen molar-refractivity contribution in [1.29, 1.82) is 0 Å². The minimum absolute atomic E-state index is 0.219. The summed E-state index contributed by atoms with van der Waals surface area (Å²) < 4.78 is 46.3. The summed E-state index contributed by atoms with van der Waals surface area (Å²) in [6.07, 6.45) is 0. The number of rotatable bonds is 6. The molecule has 0 saturated carbocycles. The lowest BCUT2D eigenvalue weighted by atomic mass is 10.1. The van der Waals surface area contributed by atoms with Crippen molar-refractivity contribution in [1.82, 2.24) is 14.2 Å². The molecule has 0 aliphatic carbocycles. The number of nitrogens with zero attached hydrogens (tertiary/aromatic N) is 3. The van der Waals surface area contributed by atoms with Crippen LogP contribution in [0.1, 0.15) is 16.1 Å². The fourth-order valence-corrected chi connectivity index (χ4v) is 5.79. The molecule has 1 aromatic heterocycles. The number of carbonyl (C=O) groups is 1. The first-order chi connectivity index (χ1) is 18.3. The second kappa shape index (κ2) is 10.7. The van der Waals surface area contributed by atoms with Gasteiger partial charge in [-0.05, 0) is 85.3 Å². The zero-order chi connectivity index (χ0) is 26.7.